The monoisotopic (exact) mass is 350 g/mol. The van der Waals surface area contributed by atoms with Gasteiger partial charge in [-0.2, -0.15) is 16.8 Å². The van der Waals surface area contributed by atoms with Crippen LogP contribution in [0.4, 0.5) is 0 Å². The molecule has 0 aromatic rings. The van der Waals surface area contributed by atoms with Crippen LogP contribution in [-0.2, 0) is 18.8 Å². The predicted octanol–water partition coefficient (Wildman–Crippen LogP) is 4.65. The average molecular weight is 351 g/mol. The van der Waals surface area contributed by atoms with E-state index in [4.69, 9.17) is 0 Å². The zero-order valence-corrected chi connectivity index (χ0v) is 15.6. The van der Waals surface area contributed by atoms with Gasteiger partial charge in [0.05, 0.1) is 0 Å². The number of hydrogen-bond donors (Lipinski definition) is 1. The van der Waals surface area contributed by atoms with Crippen molar-refractivity contribution in [2.45, 2.75) is 103 Å². The van der Waals surface area contributed by atoms with E-state index < -0.39 is 16.4 Å². The van der Waals surface area contributed by atoms with E-state index in [-0.39, 0.29) is 6.42 Å². The lowest BCUT2D eigenvalue weighted by Gasteiger charge is -2.33. The summed E-state index contributed by atoms with van der Waals surface area (Å²) in [5.41, 5.74) is 0. The summed E-state index contributed by atoms with van der Waals surface area (Å²) < 4.78 is 30.0. The van der Waals surface area contributed by atoms with Crippen LogP contribution in [0.25, 0.3) is 0 Å². The SMILES string of the molecule is CCCCCCCCC(C)CCCCCCC1(O)OS(=O)(=O)O1. The Labute approximate surface area is 142 Å². The normalized spacial score (nSPS) is 20.1. The Bertz CT molecular complexity index is 395. The fraction of sp³-hybridized carbons (Fsp3) is 1.00. The molecule has 1 rings (SSSR count). The third-order valence-electron chi connectivity index (χ3n) is 4.45. The Kier molecular flexibility index (Phi) is 9.66. The molecule has 138 valence electrons. The molecule has 5 nitrogen and oxygen atoms in total. The number of unbranched alkanes of at least 4 members (excludes halogenated alkanes) is 8. The molecular weight excluding hydrogens is 316 g/mol. The predicted molar refractivity (Wildman–Crippen MR) is 90.9 cm³/mol. The first-order chi connectivity index (χ1) is 10.9. The molecule has 1 atom stereocenters. The summed E-state index contributed by atoms with van der Waals surface area (Å²) in [6, 6.07) is 0. The minimum atomic E-state index is -3.91. The zero-order valence-electron chi connectivity index (χ0n) is 14.8. The van der Waals surface area contributed by atoms with Crippen LogP contribution in [0.5, 0.6) is 0 Å². The van der Waals surface area contributed by atoms with Crippen molar-refractivity contribution in [1.82, 2.24) is 0 Å². The summed E-state index contributed by atoms with van der Waals surface area (Å²) in [7, 11) is -3.91. The molecule has 1 aliphatic rings. The second-order valence-electron chi connectivity index (χ2n) is 6.90. The van der Waals surface area contributed by atoms with Gasteiger partial charge in [0.25, 0.3) is 0 Å². The summed E-state index contributed by atoms with van der Waals surface area (Å²) in [5.74, 6) is -1.11. The van der Waals surface area contributed by atoms with Gasteiger partial charge in [-0.15, -0.1) is 0 Å². The molecule has 0 aromatic heterocycles. The standard InChI is InChI=1S/C17H34O5S/c1-3-4-5-6-7-10-13-16(2)14-11-8-9-12-15-17(18)21-23(19,20)22-17/h16,18H,3-15H2,1-2H3. The molecule has 23 heavy (non-hydrogen) atoms. The molecule has 0 amide bonds. The fourth-order valence-electron chi connectivity index (χ4n) is 3.02. The summed E-state index contributed by atoms with van der Waals surface area (Å²) >= 11 is 0. The molecule has 1 saturated heterocycles. The van der Waals surface area contributed by atoms with Crippen molar-refractivity contribution < 1.29 is 21.9 Å². The van der Waals surface area contributed by atoms with Gasteiger partial charge in [0.2, 0.25) is 0 Å². The molecule has 0 aromatic carbocycles. The molecule has 0 spiro atoms. The molecule has 0 aliphatic carbocycles. The lowest BCUT2D eigenvalue weighted by molar-refractivity contribution is -0.329. The molecule has 1 fully saturated rings. The highest BCUT2D eigenvalue weighted by Crippen LogP contribution is 2.32. The minimum Gasteiger partial charge on any atom is -0.342 e. The Balaban J connectivity index is 1.87. The van der Waals surface area contributed by atoms with E-state index in [0.29, 0.717) is 6.42 Å². The van der Waals surface area contributed by atoms with Crippen molar-refractivity contribution in [3.8, 4) is 0 Å². The molecule has 6 heteroatoms. The third-order valence-corrected chi connectivity index (χ3v) is 5.38. The van der Waals surface area contributed by atoms with Gasteiger partial charge in [-0.3, -0.25) is 0 Å². The van der Waals surface area contributed by atoms with Crippen LogP contribution >= 0.6 is 0 Å². The molecule has 0 bridgehead atoms. The molecule has 1 heterocycles. The third kappa shape index (κ3) is 9.65. The highest BCUT2D eigenvalue weighted by Gasteiger charge is 2.50. The Morgan fingerprint density at radius 3 is 1.87 bits per heavy atom. The maximum atomic E-state index is 10.7. The molecule has 1 unspecified atom stereocenters. The van der Waals surface area contributed by atoms with Crippen LogP contribution in [-0.4, -0.2) is 19.5 Å². The van der Waals surface area contributed by atoms with E-state index >= 15 is 0 Å². The van der Waals surface area contributed by atoms with Gasteiger partial charge in [-0.1, -0.05) is 84.5 Å². The van der Waals surface area contributed by atoms with Crippen molar-refractivity contribution in [3.63, 3.8) is 0 Å². The highest BCUT2D eigenvalue weighted by molar-refractivity contribution is 7.82. The lowest BCUT2D eigenvalue weighted by atomic mass is 9.96. The van der Waals surface area contributed by atoms with Crippen LogP contribution in [0, 0.1) is 5.92 Å². The Hall–Kier alpha value is -0.170. The first-order valence-corrected chi connectivity index (χ1v) is 10.6. The van der Waals surface area contributed by atoms with Crippen molar-refractivity contribution in [1.29, 1.82) is 0 Å². The fourth-order valence-corrected chi connectivity index (χ4v) is 3.84. The van der Waals surface area contributed by atoms with E-state index in [0.717, 1.165) is 18.8 Å². The van der Waals surface area contributed by atoms with Gasteiger partial charge in [0, 0.05) is 6.42 Å². The zero-order chi connectivity index (χ0) is 17.2. The van der Waals surface area contributed by atoms with Gasteiger partial charge < -0.3 is 5.11 Å². The summed E-state index contributed by atoms with van der Waals surface area (Å²) in [5, 5.41) is 9.54. The Morgan fingerprint density at radius 2 is 1.35 bits per heavy atom. The van der Waals surface area contributed by atoms with E-state index in [1.807, 2.05) is 0 Å². The second kappa shape index (κ2) is 10.6. The average Bonchev–Trinajstić information content (AvgIpc) is 2.44. The molecule has 1 N–H and O–H groups in total. The quantitative estimate of drug-likeness (QED) is 0.462. The number of aliphatic hydroxyl groups is 1. The van der Waals surface area contributed by atoms with Crippen LogP contribution in [0.3, 0.4) is 0 Å². The van der Waals surface area contributed by atoms with Crippen LogP contribution in [0.15, 0.2) is 0 Å². The van der Waals surface area contributed by atoms with Gasteiger partial charge in [-0.25, -0.2) is 0 Å². The molecule has 0 saturated carbocycles. The van der Waals surface area contributed by atoms with Crippen molar-refractivity contribution >= 4 is 10.4 Å². The van der Waals surface area contributed by atoms with Gasteiger partial charge in [0.15, 0.2) is 0 Å². The van der Waals surface area contributed by atoms with Crippen molar-refractivity contribution in [3.05, 3.63) is 0 Å². The summed E-state index contributed by atoms with van der Waals surface area (Å²) in [6.07, 6.45) is 14.9. The topological polar surface area (TPSA) is 72.8 Å². The maximum absolute atomic E-state index is 10.7. The van der Waals surface area contributed by atoms with E-state index in [1.165, 1.54) is 57.8 Å². The van der Waals surface area contributed by atoms with Gasteiger partial charge in [0.1, 0.15) is 0 Å². The van der Waals surface area contributed by atoms with E-state index in [1.54, 1.807) is 0 Å². The molecule has 1 aliphatic heterocycles. The molecule has 0 radical (unpaired) electrons. The first kappa shape index (κ1) is 20.9. The highest BCUT2D eigenvalue weighted by atomic mass is 32.3. The minimum absolute atomic E-state index is 0.208. The second-order valence-corrected chi connectivity index (χ2v) is 8.05. The van der Waals surface area contributed by atoms with E-state index in [9.17, 15) is 13.5 Å². The van der Waals surface area contributed by atoms with Crippen molar-refractivity contribution in [2.75, 3.05) is 0 Å². The number of hydrogen-bond acceptors (Lipinski definition) is 5. The lowest BCUT2D eigenvalue weighted by Crippen LogP contribution is -2.50. The van der Waals surface area contributed by atoms with Gasteiger partial charge in [-0.05, 0) is 12.3 Å². The first-order valence-electron chi connectivity index (χ1n) is 9.25. The van der Waals surface area contributed by atoms with Crippen LogP contribution in [0.1, 0.15) is 97.3 Å². The summed E-state index contributed by atoms with van der Waals surface area (Å²) in [6.45, 7) is 4.58. The van der Waals surface area contributed by atoms with E-state index in [2.05, 4.69) is 22.2 Å². The Morgan fingerprint density at radius 1 is 0.870 bits per heavy atom. The maximum Gasteiger partial charge on any atom is 0.409 e. The molecular formula is C17H34O5S. The number of rotatable bonds is 14. The van der Waals surface area contributed by atoms with Crippen LogP contribution in [0.2, 0.25) is 0 Å². The van der Waals surface area contributed by atoms with Crippen LogP contribution < -0.4 is 0 Å². The smallest absolute Gasteiger partial charge is 0.342 e. The van der Waals surface area contributed by atoms with Gasteiger partial charge >= 0.3 is 16.4 Å². The van der Waals surface area contributed by atoms with Crippen molar-refractivity contribution in [2.24, 2.45) is 5.92 Å². The largest absolute Gasteiger partial charge is 0.409 e. The summed E-state index contributed by atoms with van der Waals surface area (Å²) in [4.78, 5) is 0.